The molecule has 0 radical (unpaired) electrons. The highest BCUT2D eigenvalue weighted by Gasteiger charge is 2.49. The summed E-state index contributed by atoms with van der Waals surface area (Å²) >= 11 is 0. The van der Waals surface area contributed by atoms with Crippen molar-refractivity contribution in [1.82, 2.24) is 36.4 Å². The molecule has 0 spiro atoms. The molecule has 24 nitrogen and oxygen atoms in total. The predicted molar refractivity (Wildman–Crippen MR) is 292 cm³/mol. The van der Waals surface area contributed by atoms with E-state index in [1.165, 1.54) is 44.5 Å². The highest BCUT2D eigenvalue weighted by Crippen LogP contribution is 2.31. The zero-order valence-electron chi connectivity index (χ0n) is 47.2. The van der Waals surface area contributed by atoms with Gasteiger partial charge < -0.3 is 77.7 Å². The largest absolute Gasteiger partial charge is 0.508 e. The number of phenolic OH excluding ortho intramolecular Hbond substituents is 1. The van der Waals surface area contributed by atoms with Crippen molar-refractivity contribution in [3.8, 4) is 5.75 Å². The van der Waals surface area contributed by atoms with Gasteiger partial charge in [-0.3, -0.25) is 43.7 Å². The minimum atomic E-state index is -2.18. The summed E-state index contributed by atoms with van der Waals surface area (Å²) in [5, 5.41) is 103. The van der Waals surface area contributed by atoms with E-state index in [9.17, 15) is 79.2 Å². The van der Waals surface area contributed by atoms with Gasteiger partial charge in [0.2, 0.25) is 35.4 Å². The first-order valence-electron chi connectivity index (χ1n) is 28.7. The van der Waals surface area contributed by atoms with Crippen molar-refractivity contribution in [3.05, 3.63) is 29.8 Å². The third-order valence-electron chi connectivity index (χ3n) is 15.9. The van der Waals surface area contributed by atoms with Crippen LogP contribution in [0.1, 0.15) is 149 Å². The summed E-state index contributed by atoms with van der Waals surface area (Å²) in [6.07, 6.45) is -7.86. The molecular weight excluding hydrogens is 1040 g/mol. The minimum Gasteiger partial charge on any atom is -0.508 e. The summed E-state index contributed by atoms with van der Waals surface area (Å²) in [7, 11) is 0. The summed E-state index contributed by atoms with van der Waals surface area (Å²) in [6, 6.07) is -2.27. The zero-order valence-corrected chi connectivity index (χ0v) is 47.2. The van der Waals surface area contributed by atoms with E-state index >= 15 is 0 Å². The molecule has 0 bridgehead atoms. The number of rotatable bonds is 25. The predicted octanol–water partition coefficient (Wildman–Crippen LogP) is -0.953. The number of carbonyl (C=O) groups is 8. The van der Waals surface area contributed by atoms with Crippen LogP contribution in [0.4, 0.5) is 0 Å². The molecule has 3 fully saturated rings. The van der Waals surface area contributed by atoms with Gasteiger partial charge in [-0.05, 0) is 75.1 Å². The average molecular weight is 1130 g/mol. The van der Waals surface area contributed by atoms with E-state index in [0.717, 1.165) is 54.7 Å². The molecule has 4 rings (SSSR count). The number of nitrogens with two attached hydrogens (primary N) is 1. The van der Waals surface area contributed by atoms with Gasteiger partial charge in [-0.2, -0.15) is 0 Å². The SMILES string of the molecule is CC[C@H](C)C[C@H](C)CCCCCCCCC(=O)C[C@H]1C[C@@H](O)[C@@H](NCCNC(C)=O)NC(=O)[C@@H]2[C@@H](O)CCN2C(=O)[C@H]([C@H](O)CCN)NC(=O)[C@H]([C@H](O)[C@@H](O)c2ccc(O)cc2)CC(=O)[C@@H]2C[C@@H](O)CN2C(=O)[C@H]([C@@H](C)O)NC1=O. The molecule has 0 saturated carbocycles. The lowest BCUT2D eigenvalue weighted by Crippen LogP contribution is -2.63. The summed E-state index contributed by atoms with van der Waals surface area (Å²) in [5.41, 5.74) is 5.76. The Morgan fingerprint density at radius 1 is 0.762 bits per heavy atom. The molecule has 3 aliphatic rings. The number of amides is 6. The van der Waals surface area contributed by atoms with Gasteiger partial charge in [0, 0.05) is 64.7 Å². The maximum absolute atomic E-state index is 14.7. The van der Waals surface area contributed by atoms with E-state index < -0.39 is 158 Å². The maximum Gasteiger partial charge on any atom is 0.248 e. The van der Waals surface area contributed by atoms with Crippen LogP contribution < -0.4 is 32.3 Å². The van der Waals surface area contributed by atoms with E-state index in [1.54, 1.807) is 0 Å². The lowest BCUT2D eigenvalue weighted by molar-refractivity contribution is -0.149. The Morgan fingerprint density at radius 3 is 2.04 bits per heavy atom. The monoisotopic (exact) mass is 1130 g/mol. The Kier molecular flexibility index (Phi) is 27.8. The highest BCUT2D eigenvalue weighted by molar-refractivity contribution is 5.98. The summed E-state index contributed by atoms with van der Waals surface area (Å²) < 4.78 is 0. The van der Waals surface area contributed by atoms with E-state index in [4.69, 9.17) is 5.73 Å². The van der Waals surface area contributed by atoms with Crippen LogP contribution in [0.3, 0.4) is 0 Å². The summed E-state index contributed by atoms with van der Waals surface area (Å²) in [5.74, 6) is -9.52. The van der Waals surface area contributed by atoms with Gasteiger partial charge in [-0.15, -0.1) is 0 Å². The Bertz CT molecular complexity index is 2190. The molecular formula is C56H92N8O16. The second-order valence-corrected chi connectivity index (χ2v) is 22.6. The topological polar surface area (TPSA) is 391 Å². The molecule has 15 N–H and O–H groups in total. The van der Waals surface area contributed by atoms with Crippen LogP contribution in [0.2, 0.25) is 0 Å². The van der Waals surface area contributed by atoms with Crippen molar-refractivity contribution in [1.29, 1.82) is 0 Å². The molecule has 1 aromatic rings. The van der Waals surface area contributed by atoms with Crippen molar-refractivity contribution in [2.45, 2.75) is 210 Å². The van der Waals surface area contributed by atoms with Crippen LogP contribution >= 0.6 is 0 Å². The zero-order chi connectivity index (χ0) is 59.4. The number of nitrogens with zero attached hydrogens (tertiary/aromatic N) is 2. The second-order valence-electron chi connectivity index (χ2n) is 22.6. The number of aliphatic hydroxyl groups excluding tert-OH is 7. The number of aromatic hydroxyl groups is 1. The first kappa shape index (κ1) is 67.3. The van der Waals surface area contributed by atoms with E-state index in [2.05, 4.69) is 47.4 Å². The second kappa shape index (κ2) is 33.1. The van der Waals surface area contributed by atoms with Gasteiger partial charge in [-0.25, -0.2) is 0 Å². The Balaban J connectivity index is 1.76. The Hall–Kier alpha value is -5.18. The number of phenols is 1. The summed E-state index contributed by atoms with van der Waals surface area (Å²) in [6.45, 7) is 8.02. The van der Waals surface area contributed by atoms with Gasteiger partial charge in [-0.1, -0.05) is 77.8 Å². The number of nitrogens with one attached hydrogen (secondary N) is 5. The molecule has 6 amide bonds. The van der Waals surface area contributed by atoms with Crippen LogP contribution in [0.25, 0.3) is 0 Å². The quantitative estimate of drug-likeness (QED) is 0.0525. The normalized spacial score (nSPS) is 28.1. The van der Waals surface area contributed by atoms with Crippen molar-refractivity contribution in [3.63, 3.8) is 0 Å². The third kappa shape index (κ3) is 20.1. The molecule has 0 aromatic heterocycles. The number of fused-ring (bicyclic) bond motifs is 2. The molecule has 1 aromatic carbocycles. The van der Waals surface area contributed by atoms with Crippen LogP contribution in [-0.4, -0.2) is 197 Å². The molecule has 80 heavy (non-hydrogen) atoms. The highest BCUT2D eigenvalue weighted by atomic mass is 16.3. The fraction of sp³-hybridized carbons (Fsp3) is 0.750. The fourth-order valence-corrected chi connectivity index (χ4v) is 11.0. The molecule has 3 heterocycles. The Labute approximate surface area is 469 Å². The Morgan fingerprint density at radius 2 is 1.40 bits per heavy atom. The standard InChI is InChI=1S/C56H92N8O16/c1-6-31(2)25-32(3)13-11-9-7-8-10-12-14-38(68)26-36-27-45(73)51(59-23-22-58-34(5)66)62-54(78)48-43(71)20-24-63(48)56(80)47(42(70)19-21-57)61-53(77)40(50(75)49(74)35-15-17-37(67)18-16-35)29-44(72)41-28-39(69)30-64(41)55(79)46(33(4)65)60-52(36)76/h15-18,31-33,36,39-43,45-51,59,65,67,69-71,73-75H,6-14,19-30,57H2,1-5H3,(H,58,66)(H,60,76)(H,61,77)(H,62,78)/t31-,32+,33+,36-,39+,40-,41-,42+,43-,45+,46-,47-,48-,49-,50-,51-/m0/s1. The minimum absolute atomic E-state index is 0.0242. The number of ketones is 2. The van der Waals surface area contributed by atoms with Crippen molar-refractivity contribution >= 4 is 47.0 Å². The number of hydrogen-bond donors (Lipinski definition) is 14. The van der Waals surface area contributed by atoms with Crippen LogP contribution in [0.15, 0.2) is 24.3 Å². The van der Waals surface area contributed by atoms with E-state index in [0.29, 0.717) is 18.3 Å². The first-order chi connectivity index (χ1) is 37.9. The van der Waals surface area contributed by atoms with Gasteiger partial charge >= 0.3 is 0 Å². The van der Waals surface area contributed by atoms with Crippen molar-refractivity contribution in [2.24, 2.45) is 29.4 Å². The first-order valence-corrected chi connectivity index (χ1v) is 28.7. The maximum atomic E-state index is 14.7. The van der Waals surface area contributed by atoms with Crippen molar-refractivity contribution < 1.29 is 79.2 Å². The molecule has 3 saturated heterocycles. The van der Waals surface area contributed by atoms with Crippen LogP contribution in [-0.2, 0) is 38.4 Å². The van der Waals surface area contributed by atoms with Gasteiger partial charge in [0.15, 0.2) is 5.78 Å². The number of aliphatic hydroxyl groups is 7. The molecule has 0 aliphatic carbocycles. The molecule has 24 heteroatoms. The molecule has 3 aliphatic heterocycles. The molecule has 0 unspecified atom stereocenters. The smallest absolute Gasteiger partial charge is 0.248 e. The fourth-order valence-electron chi connectivity index (χ4n) is 11.0. The lowest BCUT2D eigenvalue weighted by atomic mass is 9.86. The van der Waals surface area contributed by atoms with Crippen LogP contribution in [0, 0.1) is 23.7 Å². The van der Waals surface area contributed by atoms with E-state index in [1.807, 2.05) is 0 Å². The number of Topliss-reactive ketones (excluding diaryl/α,β-unsaturated/α-hetero) is 2. The van der Waals surface area contributed by atoms with Gasteiger partial charge in [0.05, 0.1) is 48.6 Å². The van der Waals surface area contributed by atoms with Gasteiger partial charge in [0.25, 0.3) is 0 Å². The summed E-state index contributed by atoms with van der Waals surface area (Å²) in [4.78, 5) is 115. The van der Waals surface area contributed by atoms with Crippen LogP contribution in [0.5, 0.6) is 5.75 Å². The molecule has 16 atom stereocenters. The van der Waals surface area contributed by atoms with E-state index in [-0.39, 0.29) is 62.5 Å². The van der Waals surface area contributed by atoms with Crippen molar-refractivity contribution in [2.75, 3.05) is 32.7 Å². The van der Waals surface area contributed by atoms with Gasteiger partial charge in [0.1, 0.15) is 41.9 Å². The number of hydrogen-bond acceptors (Lipinski definition) is 18. The third-order valence-corrected chi connectivity index (χ3v) is 15.9. The number of benzene rings is 1. The lowest BCUT2D eigenvalue weighted by Gasteiger charge is -2.34. The number of carbonyl (C=O) groups excluding carboxylic acids is 8. The molecule has 452 valence electrons. The average Bonchev–Trinajstić information content (AvgIpc) is 4.12. The number of unbranched alkanes of at least 4 members (excludes halogenated alkanes) is 5.